The quantitative estimate of drug-likeness (QED) is 0.644. The van der Waals surface area contributed by atoms with E-state index in [0.29, 0.717) is 5.69 Å². The van der Waals surface area contributed by atoms with E-state index in [2.05, 4.69) is 10.6 Å². The summed E-state index contributed by atoms with van der Waals surface area (Å²) in [6.07, 6.45) is 0. The van der Waals surface area contributed by atoms with E-state index >= 15 is 0 Å². The van der Waals surface area contributed by atoms with Crippen LogP contribution in [0.4, 0.5) is 10.1 Å². The minimum atomic E-state index is -0.807. The third-order valence-electron chi connectivity index (χ3n) is 3.91. The van der Waals surface area contributed by atoms with Gasteiger partial charge in [-0.1, -0.05) is 42.5 Å². The summed E-state index contributed by atoms with van der Waals surface area (Å²) >= 11 is 0. The lowest BCUT2D eigenvalue weighted by molar-refractivity contribution is -0.146. The Hall–Kier alpha value is -3.74. The maximum Gasteiger partial charge on any atom is 0.325 e. The van der Waals surface area contributed by atoms with E-state index in [1.165, 1.54) is 18.2 Å². The number of hydrogen-bond donors (Lipinski definition) is 2. The first kappa shape index (κ1) is 19.0. The molecule has 0 aliphatic heterocycles. The van der Waals surface area contributed by atoms with E-state index in [4.69, 9.17) is 4.74 Å². The molecular weight excluding hydrogens is 363 g/mol. The number of nitrogens with one attached hydrogen (secondary N) is 2. The fourth-order valence-electron chi connectivity index (χ4n) is 2.55. The van der Waals surface area contributed by atoms with Crippen molar-refractivity contribution in [2.45, 2.75) is 0 Å². The summed E-state index contributed by atoms with van der Waals surface area (Å²) < 4.78 is 18.3. The Morgan fingerprint density at radius 1 is 0.893 bits per heavy atom. The first-order chi connectivity index (χ1) is 13.5. The molecule has 2 amide bonds. The fourth-order valence-corrected chi connectivity index (χ4v) is 2.55. The molecule has 0 spiro atoms. The molecule has 0 heterocycles. The first-order valence-electron chi connectivity index (χ1n) is 8.50. The van der Waals surface area contributed by atoms with Crippen LogP contribution in [-0.2, 0) is 14.3 Å². The number of ether oxygens (including phenoxy) is 1. The Balaban J connectivity index is 1.45. The Labute approximate surface area is 160 Å². The highest BCUT2D eigenvalue weighted by Gasteiger charge is 2.13. The predicted octanol–water partition coefficient (Wildman–Crippen LogP) is 2.89. The highest BCUT2D eigenvalue weighted by atomic mass is 19.1. The molecule has 0 radical (unpaired) electrons. The molecule has 0 saturated carbocycles. The maximum absolute atomic E-state index is 13.5. The van der Waals surface area contributed by atoms with Crippen molar-refractivity contribution in [2.24, 2.45) is 0 Å². The molecule has 3 rings (SSSR count). The minimum Gasteiger partial charge on any atom is -0.454 e. The standard InChI is InChI=1S/C21H17FN2O4/c22-18-8-4-3-7-17(18)21(27)23-12-20(26)28-13-19(25)24-16-10-9-14-5-1-2-6-15(14)11-16/h1-11H,12-13H2,(H,23,27)(H,24,25). The molecule has 7 heteroatoms. The average Bonchev–Trinajstić information content (AvgIpc) is 2.70. The summed E-state index contributed by atoms with van der Waals surface area (Å²) in [5.41, 5.74) is 0.400. The number of esters is 1. The van der Waals surface area contributed by atoms with Crippen molar-refractivity contribution in [1.82, 2.24) is 5.32 Å². The lowest BCUT2D eigenvalue weighted by Crippen LogP contribution is -2.32. The molecule has 0 saturated heterocycles. The number of carbonyl (C=O) groups is 3. The van der Waals surface area contributed by atoms with Gasteiger partial charge in [-0.2, -0.15) is 0 Å². The molecule has 0 aliphatic carbocycles. The SMILES string of the molecule is O=C(COC(=O)CNC(=O)c1ccccc1F)Nc1ccc2ccccc2c1. The second-order valence-electron chi connectivity index (χ2n) is 5.93. The molecule has 28 heavy (non-hydrogen) atoms. The van der Waals surface area contributed by atoms with Crippen LogP contribution in [0.25, 0.3) is 10.8 Å². The smallest absolute Gasteiger partial charge is 0.325 e. The molecule has 2 N–H and O–H groups in total. The van der Waals surface area contributed by atoms with E-state index in [9.17, 15) is 18.8 Å². The number of anilines is 1. The van der Waals surface area contributed by atoms with Crippen molar-refractivity contribution < 1.29 is 23.5 Å². The van der Waals surface area contributed by atoms with E-state index in [0.717, 1.165) is 16.8 Å². The van der Waals surface area contributed by atoms with E-state index < -0.39 is 36.8 Å². The normalized spacial score (nSPS) is 10.3. The van der Waals surface area contributed by atoms with Gasteiger partial charge in [0.1, 0.15) is 12.4 Å². The van der Waals surface area contributed by atoms with Crippen LogP contribution in [0, 0.1) is 5.82 Å². The second kappa shape index (κ2) is 8.77. The van der Waals surface area contributed by atoms with Gasteiger partial charge in [-0.05, 0) is 35.0 Å². The minimum absolute atomic E-state index is 0.177. The molecule has 0 aromatic heterocycles. The summed E-state index contributed by atoms with van der Waals surface area (Å²) in [6.45, 7) is -0.975. The Morgan fingerprint density at radius 3 is 2.39 bits per heavy atom. The number of rotatable bonds is 6. The van der Waals surface area contributed by atoms with Crippen LogP contribution < -0.4 is 10.6 Å². The monoisotopic (exact) mass is 380 g/mol. The Kier molecular flexibility index (Phi) is 5.96. The number of amides is 2. The van der Waals surface area contributed by atoms with Gasteiger partial charge in [-0.25, -0.2) is 4.39 Å². The van der Waals surface area contributed by atoms with Gasteiger partial charge in [0.2, 0.25) is 0 Å². The zero-order valence-corrected chi connectivity index (χ0v) is 14.8. The Bertz CT molecular complexity index is 1040. The number of halogens is 1. The van der Waals surface area contributed by atoms with Gasteiger partial charge in [-0.15, -0.1) is 0 Å². The van der Waals surface area contributed by atoms with Gasteiger partial charge >= 0.3 is 5.97 Å². The van der Waals surface area contributed by atoms with Crippen molar-refractivity contribution >= 4 is 34.2 Å². The largest absolute Gasteiger partial charge is 0.454 e. The lowest BCUT2D eigenvalue weighted by atomic mass is 10.1. The van der Waals surface area contributed by atoms with Gasteiger partial charge in [-0.3, -0.25) is 14.4 Å². The predicted molar refractivity (Wildman–Crippen MR) is 102 cm³/mol. The number of benzene rings is 3. The summed E-state index contributed by atoms with van der Waals surface area (Å²) in [7, 11) is 0. The van der Waals surface area contributed by atoms with Crippen LogP contribution in [-0.4, -0.2) is 30.9 Å². The second-order valence-corrected chi connectivity index (χ2v) is 5.93. The summed E-state index contributed by atoms with van der Waals surface area (Å²) in [4.78, 5) is 35.4. The topological polar surface area (TPSA) is 84.5 Å². The molecule has 0 atom stereocenters. The zero-order chi connectivity index (χ0) is 19.9. The van der Waals surface area contributed by atoms with Crippen LogP contribution in [0.1, 0.15) is 10.4 Å². The highest BCUT2D eigenvalue weighted by molar-refractivity contribution is 5.97. The summed E-state index contributed by atoms with van der Waals surface area (Å²) in [6, 6.07) is 18.5. The molecule has 0 fully saturated rings. The Morgan fingerprint density at radius 2 is 1.61 bits per heavy atom. The van der Waals surface area contributed by atoms with Crippen LogP contribution in [0.15, 0.2) is 66.7 Å². The molecule has 142 valence electrons. The van der Waals surface area contributed by atoms with Crippen molar-refractivity contribution in [2.75, 3.05) is 18.5 Å². The fraction of sp³-hybridized carbons (Fsp3) is 0.0952. The van der Waals surface area contributed by atoms with Crippen LogP contribution in [0.3, 0.4) is 0 Å². The molecule has 3 aromatic carbocycles. The molecule has 0 unspecified atom stereocenters. The maximum atomic E-state index is 13.5. The number of carbonyl (C=O) groups excluding carboxylic acids is 3. The summed E-state index contributed by atoms with van der Waals surface area (Å²) in [5.74, 6) is -2.75. The number of hydrogen-bond acceptors (Lipinski definition) is 4. The first-order valence-corrected chi connectivity index (χ1v) is 8.50. The highest BCUT2D eigenvalue weighted by Crippen LogP contribution is 2.18. The van der Waals surface area contributed by atoms with Gasteiger partial charge in [0.15, 0.2) is 6.61 Å². The van der Waals surface area contributed by atoms with E-state index in [1.807, 2.05) is 36.4 Å². The van der Waals surface area contributed by atoms with Gasteiger partial charge in [0.05, 0.1) is 5.56 Å². The van der Waals surface area contributed by atoms with E-state index in [-0.39, 0.29) is 5.56 Å². The molecule has 3 aromatic rings. The van der Waals surface area contributed by atoms with Crippen molar-refractivity contribution in [3.8, 4) is 0 Å². The third-order valence-corrected chi connectivity index (χ3v) is 3.91. The molecule has 6 nitrogen and oxygen atoms in total. The third kappa shape index (κ3) is 4.91. The van der Waals surface area contributed by atoms with E-state index in [1.54, 1.807) is 6.07 Å². The van der Waals surface area contributed by atoms with Crippen LogP contribution >= 0.6 is 0 Å². The zero-order valence-electron chi connectivity index (χ0n) is 14.8. The lowest BCUT2D eigenvalue weighted by Gasteiger charge is -2.08. The van der Waals surface area contributed by atoms with Crippen molar-refractivity contribution in [3.05, 3.63) is 78.1 Å². The van der Waals surface area contributed by atoms with Gasteiger partial charge in [0, 0.05) is 5.69 Å². The number of fused-ring (bicyclic) bond motifs is 1. The molecule has 0 bridgehead atoms. The average molecular weight is 380 g/mol. The van der Waals surface area contributed by atoms with Gasteiger partial charge in [0.25, 0.3) is 11.8 Å². The van der Waals surface area contributed by atoms with Crippen LogP contribution in [0.2, 0.25) is 0 Å². The van der Waals surface area contributed by atoms with Gasteiger partial charge < -0.3 is 15.4 Å². The van der Waals surface area contributed by atoms with Crippen molar-refractivity contribution in [3.63, 3.8) is 0 Å². The van der Waals surface area contributed by atoms with Crippen LogP contribution in [0.5, 0.6) is 0 Å². The molecule has 0 aliphatic rings. The molecular formula is C21H17FN2O4. The van der Waals surface area contributed by atoms with Crippen molar-refractivity contribution in [1.29, 1.82) is 0 Å². The summed E-state index contributed by atoms with van der Waals surface area (Å²) in [5, 5.41) is 6.89.